The molecule has 0 bridgehead atoms. The molecule has 0 heterocycles. The Morgan fingerprint density at radius 1 is 0.584 bits per heavy atom. The van der Waals surface area contributed by atoms with Gasteiger partial charge in [-0.25, -0.2) is 0 Å². The molecule has 0 aromatic rings. The van der Waals surface area contributed by atoms with Crippen LogP contribution in [-0.2, 0) is 51.5 Å². The average Bonchev–Trinajstić information content (AvgIpc) is 3.53. The first-order valence-corrected chi connectivity index (χ1v) is 42.5. The summed E-state index contributed by atoms with van der Waals surface area (Å²) in [7, 11) is -3.03. The number of ketones is 3. The van der Waals surface area contributed by atoms with Crippen molar-refractivity contribution < 1.29 is 66.8 Å². The lowest BCUT2D eigenvalue weighted by atomic mass is 9.90. The van der Waals surface area contributed by atoms with Crippen LogP contribution < -0.4 is 0 Å². The van der Waals surface area contributed by atoms with Gasteiger partial charge in [-0.15, -0.1) is 0 Å². The van der Waals surface area contributed by atoms with E-state index in [1.807, 2.05) is 30.4 Å². The third-order valence-corrected chi connectivity index (χ3v) is 32.5. The Kier molecular flexibility index (Phi) is 38.5. The van der Waals surface area contributed by atoms with Gasteiger partial charge in [0, 0.05) is 62.2 Å². The molecular formula is C72H126O14Si3. The van der Waals surface area contributed by atoms with Gasteiger partial charge in [-0.05, 0) is 137 Å². The molecule has 2 fully saturated rings. The molecule has 9 atom stereocenters. The van der Waals surface area contributed by atoms with Crippen LogP contribution in [0.1, 0.15) is 224 Å². The molecule has 0 radical (unpaired) electrons. The number of carbonyl (C=O) groups excluding carboxylic acids is 5. The topological polar surface area (TPSA) is 209 Å². The average molecular weight is 1300 g/mol. The third kappa shape index (κ3) is 32.1. The number of methoxy groups -OCH3 is 2. The predicted octanol–water partition coefficient (Wildman–Crippen LogP) is 17.2. The van der Waals surface area contributed by atoms with E-state index >= 15 is 0 Å². The summed E-state index contributed by atoms with van der Waals surface area (Å²) in [6.07, 6.45) is 37.7. The third-order valence-electron chi connectivity index (χ3n) is 19.0. The van der Waals surface area contributed by atoms with Crippen molar-refractivity contribution in [2.75, 3.05) is 14.2 Å². The van der Waals surface area contributed by atoms with Crippen molar-refractivity contribution in [2.45, 2.75) is 309 Å². The molecule has 0 aromatic carbocycles. The lowest BCUT2D eigenvalue weighted by Crippen LogP contribution is -2.45. The molecule has 3 aliphatic rings. The Morgan fingerprint density at radius 3 is 1.54 bits per heavy atom. The van der Waals surface area contributed by atoms with E-state index in [1.54, 1.807) is 12.2 Å². The predicted molar refractivity (Wildman–Crippen MR) is 370 cm³/mol. The fourth-order valence-electron chi connectivity index (χ4n) is 10.1. The number of carboxylic acids is 1. The standard InChI is InChI=1S/C33H62O5Si2.C20H32O5.C19H32O4Si/c1-13-14-17-20-26(37-39(9,10)32(2,3)4)23-24-28-27(21-18-15-16-19-22-31(35)36-8)29(34)25-30(28)38-40(11,12)33(5,6)7;1-2-3-6-9-15(21)12-13-17-16(18(22)14-19(17)23)10-7-4-5-8-11-20(24)25;1-19(2,3)24(5,6)23-16-13-15(17(20)14-16)11-9-7-8-10-12-18(21)22-4/h15,18,23-24,26-28,30H,13-14,16-17,19-22,25H2,1-12H3;4,7,12-13,15-17,19,21,23H,2-3,5-6,8-11,14H2,1H3,(H,24,25);7,9,13,16H,8,10-12,14H2,1-6H3/b18-15-,24-23+;7-4-,13-12+;9-7-/t26?,27-,28-,30?;15?,16-,17-,19?;/m11./s1. The lowest BCUT2D eigenvalue weighted by Gasteiger charge is -2.40. The molecule has 14 nitrogen and oxygen atoms in total. The summed E-state index contributed by atoms with van der Waals surface area (Å²) in [6.45, 7) is 38.2. The highest BCUT2D eigenvalue weighted by Crippen LogP contribution is 2.44. The molecule has 0 amide bonds. The largest absolute Gasteiger partial charge is 0.481 e. The number of aliphatic hydroxyl groups excluding tert-OH is 2. The Labute approximate surface area is 543 Å². The fourth-order valence-corrected chi connectivity index (χ4v) is 14.0. The SMILES string of the molecule is CCCCCC(/C=C/[C@H]1C(O[Si](C)(C)C(C)(C)C)CC(=O)[C@@H]1C/C=C\CCCC(=O)OC)O[Si](C)(C)C(C)(C)C.CCCCCC(O)/C=C/[C@H]1C(O)CC(=O)[C@@H]1C/C=C\CCCC(=O)O.COC(=O)CCC/C=C\CC1=CC(O[Si](C)(C)C(C)(C)C)CC1=O. The summed E-state index contributed by atoms with van der Waals surface area (Å²) in [4.78, 5) is 70.5. The number of hydrogen-bond donors (Lipinski definition) is 3. The summed E-state index contributed by atoms with van der Waals surface area (Å²) in [5.74, 6) is -1.18. The van der Waals surface area contributed by atoms with Crippen LogP contribution >= 0.6 is 0 Å². The number of esters is 2. The molecule has 0 spiro atoms. The number of allylic oxidation sites excluding steroid dienone is 7. The molecule has 89 heavy (non-hydrogen) atoms. The summed E-state index contributed by atoms with van der Waals surface area (Å²) in [5, 5.41) is 29.0. The number of carboxylic acid groups (broad SMARTS) is 1. The van der Waals surface area contributed by atoms with Gasteiger partial charge >= 0.3 is 17.9 Å². The number of carbonyl (C=O) groups is 6. The number of hydrogen-bond acceptors (Lipinski definition) is 13. The number of ether oxygens (including phenoxy) is 2. The van der Waals surface area contributed by atoms with Crippen molar-refractivity contribution in [2.24, 2.45) is 23.7 Å². The van der Waals surface area contributed by atoms with E-state index in [2.05, 4.69) is 144 Å². The van der Waals surface area contributed by atoms with Crippen LogP contribution in [0, 0.1) is 23.7 Å². The van der Waals surface area contributed by atoms with E-state index < -0.39 is 43.1 Å². The van der Waals surface area contributed by atoms with Gasteiger partial charge in [-0.1, -0.05) is 175 Å². The second-order valence-electron chi connectivity index (χ2n) is 29.5. The van der Waals surface area contributed by atoms with Gasteiger partial charge < -0.3 is 38.1 Å². The van der Waals surface area contributed by atoms with E-state index in [0.29, 0.717) is 70.0 Å². The smallest absolute Gasteiger partial charge is 0.305 e. The highest BCUT2D eigenvalue weighted by atomic mass is 28.4. The van der Waals surface area contributed by atoms with E-state index in [4.69, 9.17) is 23.1 Å². The van der Waals surface area contributed by atoms with Crippen LogP contribution in [0.15, 0.2) is 72.4 Å². The first kappa shape index (κ1) is 83.3. The summed E-state index contributed by atoms with van der Waals surface area (Å²) < 4.78 is 29.5. The second kappa shape index (κ2) is 41.1. The quantitative estimate of drug-likeness (QED) is 0.0231. The van der Waals surface area contributed by atoms with E-state index in [1.165, 1.54) is 27.1 Å². The van der Waals surface area contributed by atoms with Crippen molar-refractivity contribution in [1.29, 1.82) is 0 Å². The molecule has 2 saturated carbocycles. The minimum atomic E-state index is -2.05. The van der Waals surface area contributed by atoms with Gasteiger partial charge in [0.2, 0.25) is 0 Å². The maximum Gasteiger partial charge on any atom is 0.305 e. The second-order valence-corrected chi connectivity index (χ2v) is 43.8. The summed E-state index contributed by atoms with van der Waals surface area (Å²) in [6, 6.07) is 0. The fraction of sp³-hybridized carbons (Fsp3) is 0.750. The molecule has 17 heteroatoms. The van der Waals surface area contributed by atoms with E-state index in [0.717, 1.165) is 63.4 Å². The van der Waals surface area contributed by atoms with Crippen molar-refractivity contribution in [1.82, 2.24) is 0 Å². The Bertz CT molecular complexity index is 2330. The molecule has 3 rings (SSSR count). The van der Waals surface area contributed by atoms with Gasteiger partial charge in [-0.2, -0.15) is 0 Å². The van der Waals surface area contributed by atoms with Crippen LogP contribution in [-0.4, -0.2) is 120 Å². The van der Waals surface area contributed by atoms with Gasteiger partial charge in [-0.3, -0.25) is 28.8 Å². The molecule has 3 aliphatic carbocycles. The molecule has 0 aromatic heterocycles. The number of Topliss-reactive ketones (excluding diaryl/α,β-unsaturated/α-hetero) is 3. The molecule has 0 saturated heterocycles. The molecular weight excluding hydrogens is 1170 g/mol. The first-order chi connectivity index (χ1) is 41.4. The van der Waals surface area contributed by atoms with Gasteiger partial charge in [0.25, 0.3) is 0 Å². The normalized spacial score (nSPS) is 22.1. The van der Waals surface area contributed by atoms with Crippen LogP contribution in [0.5, 0.6) is 0 Å². The van der Waals surface area contributed by atoms with Gasteiger partial charge in [0.05, 0.1) is 44.7 Å². The van der Waals surface area contributed by atoms with Crippen LogP contribution in [0.25, 0.3) is 0 Å². The Hall–Kier alpha value is -3.69. The van der Waals surface area contributed by atoms with Crippen molar-refractivity contribution >= 4 is 60.2 Å². The van der Waals surface area contributed by atoms with E-state index in [9.17, 15) is 39.0 Å². The van der Waals surface area contributed by atoms with Crippen LogP contribution in [0.2, 0.25) is 54.4 Å². The summed E-state index contributed by atoms with van der Waals surface area (Å²) >= 11 is 0. The highest BCUT2D eigenvalue weighted by Gasteiger charge is 2.47. The monoisotopic (exact) mass is 1300 g/mol. The number of aliphatic carboxylic acids is 1. The van der Waals surface area contributed by atoms with Crippen LogP contribution in [0.4, 0.5) is 0 Å². The Morgan fingerprint density at radius 2 is 1.04 bits per heavy atom. The van der Waals surface area contributed by atoms with Gasteiger partial charge in [0.1, 0.15) is 11.6 Å². The minimum Gasteiger partial charge on any atom is -0.481 e. The molecule has 0 aliphatic heterocycles. The maximum absolute atomic E-state index is 13.4. The Balaban J connectivity index is 0.000000701. The minimum absolute atomic E-state index is 0.0398. The van der Waals surface area contributed by atoms with Gasteiger partial charge in [0.15, 0.2) is 30.7 Å². The first-order valence-electron chi connectivity index (χ1n) is 33.7. The lowest BCUT2D eigenvalue weighted by molar-refractivity contribution is -0.141. The van der Waals surface area contributed by atoms with Crippen molar-refractivity contribution in [3.05, 3.63) is 72.4 Å². The summed E-state index contributed by atoms with van der Waals surface area (Å²) in [5.41, 5.74) is 0.850. The molecule has 5 unspecified atom stereocenters. The number of rotatable bonds is 36. The number of aliphatic hydroxyl groups is 2. The van der Waals surface area contributed by atoms with Crippen molar-refractivity contribution in [3.8, 4) is 0 Å². The number of unbranched alkanes of at least 4 members (excludes halogenated alkanes) is 7. The zero-order valence-electron chi connectivity index (χ0n) is 59.1. The highest BCUT2D eigenvalue weighted by molar-refractivity contribution is 6.75. The van der Waals surface area contributed by atoms with Crippen molar-refractivity contribution in [3.63, 3.8) is 0 Å². The maximum atomic E-state index is 13.4. The van der Waals surface area contributed by atoms with Crippen LogP contribution in [0.3, 0.4) is 0 Å². The molecule has 3 N–H and O–H groups in total. The molecule has 510 valence electrons. The zero-order chi connectivity index (χ0) is 67.8. The zero-order valence-corrected chi connectivity index (χ0v) is 62.1. The van der Waals surface area contributed by atoms with E-state index in [-0.39, 0.29) is 93.4 Å².